The summed E-state index contributed by atoms with van der Waals surface area (Å²) in [6.45, 7) is 15.8. The fourth-order valence-electron chi connectivity index (χ4n) is 3.28. The van der Waals surface area contributed by atoms with Crippen LogP contribution < -0.4 is 0 Å². The zero-order valence-corrected chi connectivity index (χ0v) is 16.0. The Labute approximate surface area is 139 Å². The van der Waals surface area contributed by atoms with Gasteiger partial charge in [0.2, 0.25) is 0 Å². The van der Waals surface area contributed by atoms with E-state index in [0.29, 0.717) is 11.7 Å². The molecule has 0 saturated carbocycles. The molecule has 0 N–H and O–H groups in total. The van der Waals surface area contributed by atoms with Crippen LogP contribution in [-0.4, -0.2) is 55.4 Å². The normalized spacial score (nSPS) is 21.4. The molecule has 0 unspecified atom stereocenters. The Bertz CT molecular complexity index is 265. The molecule has 2 heterocycles. The Morgan fingerprint density at radius 3 is 1.86 bits per heavy atom. The highest BCUT2D eigenvalue weighted by Crippen LogP contribution is 2.22. The number of ketones is 1. The van der Waals surface area contributed by atoms with E-state index in [1.165, 1.54) is 38.9 Å². The number of likely N-dealkylation sites (tertiary alicyclic amines) is 2. The molecule has 22 heavy (non-hydrogen) atoms. The molecule has 0 spiro atoms. The predicted molar refractivity (Wildman–Crippen MR) is 97.4 cm³/mol. The third kappa shape index (κ3) is 8.28. The second-order valence-corrected chi connectivity index (χ2v) is 6.26. The summed E-state index contributed by atoms with van der Waals surface area (Å²) in [6, 6.07) is 0. The summed E-state index contributed by atoms with van der Waals surface area (Å²) in [4.78, 5) is 16.3. The first-order chi connectivity index (χ1) is 10.6. The molecule has 2 fully saturated rings. The van der Waals surface area contributed by atoms with Crippen molar-refractivity contribution in [1.29, 1.82) is 0 Å². The lowest BCUT2D eigenvalue weighted by molar-refractivity contribution is -0.122. The van der Waals surface area contributed by atoms with E-state index < -0.39 is 0 Å². The summed E-state index contributed by atoms with van der Waals surface area (Å²) in [5.74, 6) is 1.68. The van der Waals surface area contributed by atoms with Crippen LogP contribution in [0.25, 0.3) is 0 Å². The molecule has 132 valence electrons. The van der Waals surface area contributed by atoms with Crippen LogP contribution in [0.15, 0.2) is 0 Å². The number of carbonyl (C=O) groups is 1. The highest BCUT2D eigenvalue weighted by molar-refractivity contribution is 5.78. The van der Waals surface area contributed by atoms with Crippen molar-refractivity contribution in [2.45, 2.75) is 66.7 Å². The third-order valence-electron chi connectivity index (χ3n) is 4.85. The molecule has 0 bridgehead atoms. The van der Waals surface area contributed by atoms with E-state index >= 15 is 0 Å². The fraction of sp³-hybridized carbons (Fsp3) is 0.947. The van der Waals surface area contributed by atoms with Crippen LogP contribution in [0, 0.1) is 11.8 Å². The van der Waals surface area contributed by atoms with E-state index in [0.717, 1.165) is 31.8 Å². The number of hydrogen-bond donors (Lipinski definition) is 0. The lowest BCUT2D eigenvalue weighted by atomic mass is 9.91. The quantitative estimate of drug-likeness (QED) is 0.782. The zero-order chi connectivity index (χ0) is 17.0. The summed E-state index contributed by atoms with van der Waals surface area (Å²) >= 11 is 0. The van der Waals surface area contributed by atoms with Crippen molar-refractivity contribution in [3.05, 3.63) is 0 Å². The van der Waals surface area contributed by atoms with Crippen molar-refractivity contribution in [2.24, 2.45) is 11.8 Å². The maximum Gasteiger partial charge on any atom is 0.133 e. The minimum absolute atomic E-state index is 0.351. The first-order valence-electron chi connectivity index (χ1n) is 9.56. The number of Topliss-reactive ketones (excluding diaryl/α,β-unsaturated/α-hetero) is 1. The van der Waals surface area contributed by atoms with Gasteiger partial charge in [0, 0.05) is 5.92 Å². The second-order valence-electron chi connectivity index (χ2n) is 6.26. The molecule has 2 saturated heterocycles. The van der Waals surface area contributed by atoms with Gasteiger partial charge in [0.25, 0.3) is 0 Å². The number of carbonyl (C=O) groups excluding carboxylic acids is 1. The lowest BCUT2D eigenvalue weighted by Crippen LogP contribution is -2.38. The van der Waals surface area contributed by atoms with Crippen molar-refractivity contribution < 1.29 is 4.79 Å². The van der Waals surface area contributed by atoms with Gasteiger partial charge < -0.3 is 9.80 Å². The topological polar surface area (TPSA) is 23.6 Å². The van der Waals surface area contributed by atoms with Crippen molar-refractivity contribution in [1.82, 2.24) is 9.80 Å². The molecule has 2 rings (SSSR count). The minimum atomic E-state index is 0.351. The van der Waals surface area contributed by atoms with Gasteiger partial charge in [0.1, 0.15) is 5.78 Å². The molecule has 0 atom stereocenters. The van der Waals surface area contributed by atoms with Crippen LogP contribution in [0.4, 0.5) is 0 Å². The molecule has 3 heteroatoms. The fourth-order valence-corrected chi connectivity index (χ4v) is 3.28. The van der Waals surface area contributed by atoms with Gasteiger partial charge >= 0.3 is 0 Å². The van der Waals surface area contributed by atoms with Gasteiger partial charge in [-0.3, -0.25) is 4.79 Å². The minimum Gasteiger partial charge on any atom is -0.306 e. The van der Waals surface area contributed by atoms with Crippen LogP contribution in [0.2, 0.25) is 0 Å². The molecular weight excluding hydrogens is 272 g/mol. The molecule has 2 aliphatic heterocycles. The standard InChI is InChI=1S/C15H28N2O.2C2H6/c1-13(18)15-6-11-17(12-7-15)10-5-14-3-8-16(2)9-4-14;2*1-2/h14-15H,3-12H2,1-2H3;2*1-2H3. The molecule has 2 aliphatic rings. The van der Waals surface area contributed by atoms with Gasteiger partial charge in [-0.2, -0.15) is 0 Å². The van der Waals surface area contributed by atoms with Gasteiger partial charge in [0.15, 0.2) is 0 Å². The Morgan fingerprint density at radius 2 is 1.41 bits per heavy atom. The van der Waals surface area contributed by atoms with Crippen LogP contribution in [0.5, 0.6) is 0 Å². The van der Waals surface area contributed by atoms with E-state index in [9.17, 15) is 4.79 Å². The lowest BCUT2D eigenvalue weighted by Gasteiger charge is -2.33. The molecule has 0 aromatic carbocycles. The SMILES string of the molecule is CC.CC.CC(=O)C1CCN(CCC2CCN(C)CC2)CC1. The highest BCUT2D eigenvalue weighted by Gasteiger charge is 2.23. The molecule has 0 radical (unpaired) electrons. The zero-order valence-electron chi connectivity index (χ0n) is 16.0. The van der Waals surface area contributed by atoms with Crippen molar-refractivity contribution in [2.75, 3.05) is 39.8 Å². The van der Waals surface area contributed by atoms with Crippen molar-refractivity contribution in [3.63, 3.8) is 0 Å². The largest absolute Gasteiger partial charge is 0.306 e. The summed E-state index contributed by atoms with van der Waals surface area (Å²) < 4.78 is 0. The van der Waals surface area contributed by atoms with Crippen LogP contribution in [-0.2, 0) is 4.79 Å². The smallest absolute Gasteiger partial charge is 0.133 e. The maximum atomic E-state index is 11.3. The second kappa shape index (κ2) is 13.1. The van der Waals surface area contributed by atoms with Crippen molar-refractivity contribution >= 4 is 5.78 Å². The maximum absolute atomic E-state index is 11.3. The molecular formula is C19H40N2O. The summed E-state index contributed by atoms with van der Waals surface area (Å²) in [7, 11) is 2.22. The third-order valence-corrected chi connectivity index (χ3v) is 4.85. The predicted octanol–water partition coefficient (Wildman–Crippen LogP) is 4.07. The number of piperidine rings is 2. The summed E-state index contributed by atoms with van der Waals surface area (Å²) in [6.07, 6.45) is 6.28. The molecule has 0 aromatic heterocycles. The Balaban J connectivity index is 0.00000102. The first-order valence-corrected chi connectivity index (χ1v) is 9.56. The Hall–Kier alpha value is -0.410. The van der Waals surface area contributed by atoms with Gasteiger partial charge in [0.05, 0.1) is 0 Å². The van der Waals surface area contributed by atoms with E-state index in [4.69, 9.17) is 0 Å². The monoisotopic (exact) mass is 312 g/mol. The summed E-state index contributed by atoms with van der Waals surface area (Å²) in [5, 5.41) is 0. The molecule has 0 amide bonds. The highest BCUT2D eigenvalue weighted by atomic mass is 16.1. The van der Waals surface area contributed by atoms with Crippen LogP contribution in [0.3, 0.4) is 0 Å². The number of hydrogen-bond acceptors (Lipinski definition) is 3. The van der Waals surface area contributed by atoms with E-state index in [-0.39, 0.29) is 0 Å². The van der Waals surface area contributed by atoms with E-state index in [2.05, 4.69) is 16.8 Å². The van der Waals surface area contributed by atoms with E-state index in [1.54, 1.807) is 6.92 Å². The van der Waals surface area contributed by atoms with Crippen molar-refractivity contribution in [3.8, 4) is 0 Å². The number of rotatable bonds is 4. The average molecular weight is 313 g/mol. The first kappa shape index (κ1) is 21.6. The van der Waals surface area contributed by atoms with Gasteiger partial charge in [-0.1, -0.05) is 27.7 Å². The Kier molecular flexibility index (Phi) is 12.8. The van der Waals surface area contributed by atoms with Gasteiger partial charge in [-0.05, 0) is 84.7 Å². The molecule has 0 aliphatic carbocycles. The molecule has 3 nitrogen and oxygen atoms in total. The number of nitrogens with zero attached hydrogens (tertiary/aromatic N) is 2. The van der Waals surface area contributed by atoms with Crippen LogP contribution >= 0.6 is 0 Å². The van der Waals surface area contributed by atoms with Gasteiger partial charge in [-0.15, -0.1) is 0 Å². The van der Waals surface area contributed by atoms with E-state index in [1.807, 2.05) is 27.7 Å². The summed E-state index contributed by atoms with van der Waals surface area (Å²) in [5.41, 5.74) is 0. The average Bonchev–Trinajstić information content (AvgIpc) is 2.58. The molecule has 0 aromatic rings. The van der Waals surface area contributed by atoms with Crippen LogP contribution in [0.1, 0.15) is 66.7 Å². The van der Waals surface area contributed by atoms with Gasteiger partial charge in [-0.25, -0.2) is 0 Å². The Morgan fingerprint density at radius 1 is 0.909 bits per heavy atom.